The molecule has 3 amide bonds. The second-order valence-electron chi connectivity index (χ2n) is 5.55. The summed E-state index contributed by atoms with van der Waals surface area (Å²) in [6, 6.07) is -0.545. The zero-order valence-corrected chi connectivity index (χ0v) is 12.6. The molecule has 1 aliphatic rings. The van der Waals surface area contributed by atoms with Crippen molar-refractivity contribution in [2.24, 2.45) is 5.92 Å². The molecule has 114 valence electrons. The predicted octanol–water partition coefficient (Wildman–Crippen LogP) is 0.276. The Morgan fingerprint density at radius 3 is 2.20 bits per heavy atom. The topological polar surface area (TPSA) is 78.5 Å². The summed E-state index contributed by atoms with van der Waals surface area (Å²) in [5.74, 6) is -0.713. The van der Waals surface area contributed by atoms with Crippen LogP contribution in [0.2, 0.25) is 0 Å². The maximum Gasteiger partial charge on any atom is 0.244 e. The van der Waals surface area contributed by atoms with Crippen LogP contribution in [0.25, 0.3) is 0 Å². The maximum atomic E-state index is 12.1. The highest BCUT2D eigenvalue weighted by molar-refractivity contribution is 5.90. The molecule has 1 unspecified atom stereocenters. The Labute approximate surface area is 120 Å². The summed E-state index contributed by atoms with van der Waals surface area (Å²) in [6.07, 6.45) is 3.21. The first-order valence-electron chi connectivity index (χ1n) is 7.27. The van der Waals surface area contributed by atoms with E-state index in [1.165, 1.54) is 0 Å². The highest BCUT2D eigenvalue weighted by Gasteiger charge is 2.23. The quantitative estimate of drug-likeness (QED) is 0.760. The number of nitrogens with one attached hydrogen (secondary N) is 2. The molecule has 1 saturated heterocycles. The van der Waals surface area contributed by atoms with Gasteiger partial charge in [0.25, 0.3) is 0 Å². The highest BCUT2D eigenvalue weighted by Crippen LogP contribution is 2.09. The van der Waals surface area contributed by atoms with Crippen molar-refractivity contribution in [2.45, 2.75) is 46.1 Å². The van der Waals surface area contributed by atoms with Crippen LogP contribution in [0.4, 0.5) is 0 Å². The van der Waals surface area contributed by atoms with E-state index in [1.807, 2.05) is 0 Å². The Balaban J connectivity index is 2.33. The monoisotopic (exact) mass is 283 g/mol. The molecule has 1 atom stereocenters. The lowest BCUT2D eigenvalue weighted by Crippen LogP contribution is -2.50. The number of likely N-dealkylation sites (tertiary alicyclic amines) is 1. The van der Waals surface area contributed by atoms with Gasteiger partial charge in [0.2, 0.25) is 17.7 Å². The molecule has 0 bridgehead atoms. The molecule has 6 nitrogen and oxygen atoms in total. The first kappa shape index (κ1) is 16.5. The second kappa shape index (κ2) is 7.87. The van der Waals surface area contributed by atoms with Crippen LogP contribution in [0.3, 0.4) is 0 Å². The Bertz CT molecular complexity index is 363. The SMILES string of the molecule is CC(C)C(=O)NCC(=O)NC(C)C(=O)N1CCCCC1. The Kier molecular flexibility index (Phi) is 6.48. The smallest absolute Gasteiger partial charge is 0.244 e. The maximum absolute atomic E-state index is 12.1. The van der Waals surface area contributed by atoms with Crippen LogP contribution >= 0.6 is 0 Å². The van der Waals surface area contributed by atoms with E-state index in [0.29, 0.717) is 0 Å². The highest BCUT2D eigenvalue weighted by atomic mass is 16.2. The molecule has 0 radical (unpaired) electrons. The summed E-state index contributed by atoms with van der Waals surface area (Å²) in [4.78, 5) is 36.9. The first-order chi connectivity index (χ1) is 9.41. The molecule has 0 aromatic heterocycles. The van der Waals surface area contributed by atoms with Gasteiger partial charge in [-0.1, -0.05) is 13.8 Å². The van der Waals surface area contributed by atoms with Crippen LogP contribution in [-0.4, -0.2) is 48.3 Å². The molecule has 0 aromatic carbocycles. The molecule has 2 N–H and O–H groups in total. The van der Waals surface area contributed by atoms with Crippen LogP contribution in [0.1, 0.15) is 40.0 Å². The average molecular weight is 283 g/mol. The third-order valence-corrected chi connectivity index (χ3v) is 3.36. The molecule has 1 rings (SSSR count). The van der Waals surface area contributed by atoms with Crippen molar-refractivity contribution in [2.75, 3.05) is 19.6 Å². The van der Waals surface area contributed by atoms with Crippen LogP contribution in [0.15, 0.2) is 0 Å². The fourth-order valence-electron chi connectivity index (χ4n) is 2.11. The molecular formula is C14H25N3O3. The van der Waals surface area contributed by atoms with Gasteiger partial charge >= 0.3 is 0 Å². The number of amides is 3. The van der Waals surface area contributed by atoms with Gasteiger partial charge in [-0.2, -0.15) is 0 Å². The van der Waals surface area contributed by atoms with E-state index < -0.39 is 6.04 Å². The lowest BCUT2D eigenvalue weighted by Gasteiger charge is -2.29. The van der Waals surface area contributed by atoms with Gasteiger partial charge < -0.3 is 15.5 Å². The van der Waals surface area contributed by atoms with Gasteiger partial charge in [-0.3, -0.25) is 14.4 Å². The van der Waals surface area contributed by atoms with Gasteiger partial charge in [0.05, 0.1) is 6.54 Å². The van der Waals surface area contributed by atoms with E-state index in [1.54, 1.807) is 25.7 Å². The normalized spacial score (nSPS) is 16.7. The lowest BCUT2D eigenvalue weighted by molar-refractivity contribution is -0.136. The van der Waals surface area contributed by atoms with Crippen LogP contribution in [-0.2, 0) is 14.4 Å². The van der Waals surface area contributed by atoms with Crippen LogP contribution in [0.5, 0.6) is 0 Å². The molecule has 1 heterocycles. The van der Waals surface area contributed by atoms with E-state index in [2.05, 4.69) is 10.6 Å². The molecular weight excluding hydrogens is 258 g/mol. The number of hydrogen-bond acceptors (Lipinski definition) is 3. The Hall–Kier alpha value is -1.59. The Morgan fingerprint density at radius 2 is 1.65 bits per heavy atom. The number of piperidine rings is 1. The van der Waals surface area contributed by atoms with Crippen LogP contribution < -0.4 is 10.6 Å². The van der Waals surface area contributed by atoms with Gasteiger partial charge in [0.1, 0.15) is 6.04 Å². The molecule has 0 aromatic rings. The van der Waals surface area contributed by atoms with Gasteiger partial charge in [-0.15, -0.1) is 0 Å². The number of hydrogen-bond donors (Lipinski definition) is 2. The average Bonchev–Trinajstić information content (AvgIpc) is 2.44. The van der Waals surface area contributed by atoms with Gasteiger partial charge in [-0.25, -0.2) is 0 Å². The lowest BCUT2D eigenvalue weighted by atomic mass is 10.1. The minimum atomic E-state index is -0.545. The van der Waals surface area contributed by atoms with Gasteiger partial charge in [0.15, 0.2) is 0 Å². The summed E-state index contributed by atoms with van der Waals surface area (Å²) >= 11 is 0. The largest absolute Gasteiger partial charge is 0.347 e. The first-order valence-corrected chi connectivity index (χ1v) is 7.27. The van der Waals surface area contributed by atoms with Crippen molar-refractivity contribution in [3.8, 4) is 0 Å². The van der Waals surface area contributed by atoms with Crippen molar-refractivity contribution >= 4 is 17.7 Å². The molecule has 1 aliphatic heterocycles. The molecule has 1 fully saturated rings. The van der Waals surface area contributed by atoms with Crippen LogP contribution in [0, 0.1) is 5.92 Å². The fourth-order valence-corrected chi connectivity index (χ4v) is 2.11. The van der Waals surface area contributed by atoms with Crippen molar-refractivity contribution < 1.29 is 14.4 Å². The van der Waals surface area contributed by atoms with E-state index in [0.717, 1.165) is 32.4 Å². The number of nitrogens with zero attached hydrogens (tertiary/aromatic N) is 1. The molecule has 0 saturated carbocycles. The van der Waals surface area contributed by atoms with E-state index >= 15 is 0 Å². The third-order valence-electron chi connectivity index (χ3n) is 3.36. The molecule has 6 heteroatoms. The second-order valence-corrected chi connectivity index (χ2v) is 5.55. The van der Waals surface area contributed by atoms with E-state index in [-0.39, 0.29) is 30.2 Å². The zero-order valence-electron chi connectivity index (χ0n) is 12.6. The Morgan fingerprint density at radius 1 is 1.05 bits per heavy atom. The number of carbonyl (C=O) groups excluding carboxylic acids is 3. The van der Waals surface area contributed by atoms with Gasteiger partial charge in [0, 0.05) is 19.0 Å². The van der Waals surface area contributed by atoms with E-state index in [9.17, 15) is 14.4 Å². The third kappa shape index (κ3) is 5.19. The summed E-state index contributed by atoms with van der Waals surface area (Å²) in [6.45, 7) is 6.64. The molecule has 0 spiro atoms. The van der Waals surface area contributed by atoms with E-state index in [4.69, 9.17) is 0 Å². The van der Waals surface area contributed by atoms with Crippen molar-refractivity contribution in [3.05, 3.63) is 0 Å². The van der Waals surface area contributed by atoms with Gasteiger partial charge in [-0.05, 0) is 26.2 Å². The number of rotatable bonds is 5. The van der Waals surface area contributed by atoms with Crippen molar-refractivity contribution in [1.82, 2.24) is 15.5 Å². The minimum absolute atomic E-state index is 0.0479. The fraction of sp³-hybridized carbons (Fsp3) is 0.786. The zero-order chi connectivity index (χ0) is 15.1. The molecule has 0 aliphatic carbocycles. The minimum Gasteiger partial charge on any atom is -0.347 e. The summed E-state index contributed by atoms with van der Waals surface area (Å²) in [5, 5.41) is 5.16. The summed E-state index contributed by atoms with van der Waals surface area (Å²) in [7, 11) is 0. The standard InChI is InChI=1S/C14H25N3O3/c1-10(2)13(19)15-9-12(18)16-11(3)14(20)17-7-5-4-6-8-17/h10-11H,4-9H2,1-3H3,(H,15,19)(H,16,18). The summed E-state index contributed by atoms with van der Waals surface area (Å²) < 4.78 is 0. The van der Waals surface area contributed by atoms with Crippen molar-refractivity contribution in [1.29, 1.82) is 0 Å². The molecule has 20 heavy (non-hydrogen) atoms. The summed E-state index contributed by atoms with van der Waals surface area (Å²) in [5.41, 5.74) is 0. The van der Waals surface area contributed by atoms with Crippen molar-refractivity contribution in [3.63, 3.8) is 0 Å². The predicted molar refractivity (Wildman–Crippen MR) is 75.9 cm³/mol. The number of carbonyl (C=O) groups is 3.